The van der Waals surface area contributed by atoms with E-state index in [1.54, 1.807) is 0 Å². The summed E-state index contributed by atoms with van der Waals surface area (Å²) in [5.74, 6) is -4.94. The Balaban J connectivity index is 1.77. The van der Waals surface area contributed by atoms with Crippen LogP contribution in [0.3, 0.4) is 0 Å². The number of hydrogen-bond donors (Lipinski definition) is 1. The molecule has 0 saturated carbocycles. The molecule has 1 aliphatic rings. The highest BCUT2D eigenvalue weighted by molar-refractivity contribution is 5.84. The third-order valence-corrected chi connectivity index (χ3v) is 5.19. The van der Waals surface area contributed by atoms with E-state index >= 15 is 0 Å². The summed E-state index contributed by atoms with van der Waals surface area (Å²) in [4.78, 5) is 15.6. The molecule has 0 aliphatic carbocycles. The second kappa shape index (κ2) is 10.7. The molecule has 1 N–H and O–H groups in total. The van der Waals surface area contributed by atoms with Crippen molar-refractivity contribution in [3.05, 3.63) is 35.9 Å². The Labute approximate surface area is 161 Å². The summed E-state index contributed by atoms with van der Waals surface area (Å²) in [5.41, 5.74) is 1.17. The molecular weight excluding hydrogens is 350 g/mol. The van der Waals surface area contributed by atoms with Crippen LogP contribution >= 0.6 is 0 Å². The maximum absolute atomic E-state index is 14.4. The first-order valence-electron chi connectivity index (χ1n) is 10.1. The number of hydrogen-bond acceptors (Lipinski definition) is 3. The van der Waals surface area contributed by atoms with Gasteiger partial charge in [0.05, 0.1) is 0 Å². The number of piperazine rings is 1. The van der Waals surface area contributed by atoms with Crippen LogP contribution in [-0.4, -0.2) is 59.0 Å². The molecule has 1 unspecified atom stereocenters. The number of nitrogens with zero attached hydrogens (tertiary/aromatic N) is 2. The van der Waals surface area contributed by atoms with Gasteiger partial charge in [-0.3, -0.25) is 9.69 Å². The van der Waals surface area contributed by atoms with Crippen molar-refractivity contribution >= 4 is 5.91 Å². The molecule has 1 aromatic rings. The largest absolute Gasteiger partial charge is 0.386 e. The Morgan fingerprint density at radius 3 is 2.33 bits per heavy atom. The number of halogens is 2. The number of rotatable bonds is 10. The Morgan fingerprint density at radius 2 is 1.70 bits per heavy atom. The molecule has 152 valence electrons. The van der Waals surface area contributed by atoms with Crippen LogP contribution in [0.2, 0.25) is 0 Å². The van der Waals surface area contributed by atoms with Crippen molar-refractivity contribution < 1.29 is 18.7 Å². The molecule has 6 heteroatoms. The Hall–Kier alpha value is -1.53. The molecule has 0 spiro atoms. The molecular formula is C21H32F2N2O2. The van der Waals surface area contributed by atoms with Gasteiger partial charge in [0.15, 0.2) is 0 Å². The van der Waals surface area contributed by atoms with Gasteiger partial charge in [0, 0.05) is 32.7 Å². The van der Waals surface area contributed by atoms with Crippen molar-refractivity contribution in [1.82, 2.24) is 9.80 Å². The lowest BCUT2D eigenvalue weighted by Gasteiger charge is -2.37. The van der Waals surface area contributed by atoms with Crippen LogP contribution in [0, 0.1) is 0 Å². The molecule has 0 bridgehead atoms. The van der Waals surface area contributed by atoms with Crippen molar-refractivity contribution in [2.75, 3.05) is 26.2 Å². The second-order valence-corrected chi connectivity index (χ2v) is 7.40. The van der Waals surface area contributed by atoms with E-state index < -0.39 is 17.9 Å². The highest BCUT2D eigenvalue weighted by Crippen LogP contribution is 2.26. The fraction of sp³-hybridized carbons (Fsp3) is 0.667. The highest BCUT2D eigenvalue weighted by Gasteiger charge is 2.48. The molecule has 2 rings (SSSR count). The number of unbranched alkanes of at least 4 members (excludes halogenated alkanes) is 4. The predicted octanol–water partition coefficient (Wildman–Crippen LogP) is 3.69. The fourth-order valence-electron chi connectivity index (χ4n) is 3.43. The average Bonchev–Trinajstić information content (AvgIpc) is 2.68. The number of amides is 1. The summed E-state index contributed by atoms with van der Waals surface area (Å²) in [6, 6.07) is 9.96. The van der Waals surface area contributed by atoms with Gasteiger partial charge in [0.25, 0.3) is 5.91 Å². The molecule has 1 atom stereocenters. The van der Waals surface area contributed by atoms with Gasteiger partial charge >= 0.3 is 5.92 Å². The van der Waals surface area contributed by atoms with Crippen LogP contribution in [0.5, 0.6) is 0 Å². The van der Waals surface area contributed by atoms with Crippen molar-refractivity contribution in [2.24, 2.45) is 0 Å². The van der Waals surface area contributed by atoms with Crippen molar-refractivity contribution in [3.8, 4) is 0 Å². The first-order valence-corrected chi connectivity index (χ1v) is 10.1. The summed E-state index contributed by atoms with van der Waals surface area (Å²) in [6.45, 7) is 4.49. The maximum Gasteiger partial charge on any atom is 0.349 e. The van der Waals surface area contributed by atoms with Gasteiger partial charge in [-0.2, -0.15) is 8.78 Å². The SMILES string of the molecule is CCCCCCCC(O)C(F)(F)C(=O)N1CCN(Cc2ccccc2)CC1. The number of carbonyl (C=O) groups is 1. The molecule has 4 nitrogen and oxygen atoms in total. The van der Waals surface area contributed by atoms with Gasteiger partial charge in [-0.15, -0.1) is 0 Å². The summed E-state index contributed by atoms with van der Waals surface area (Å²) in [7, 11) is 0. The lowest BCUT2D eigenvalue weighted by atomic mass is 10.0. The molecule has 27 heavy (non-hydrogen) atoms. The normalized spacial score (nSPS) is 17.1. The summed E-state index contributed by atoms with van der Waals surface area (Å²) in [6.07, 6.45) is 2.53. The number of aliphatic hydroxyl groups is 1. The van der Waals surface area contributed by atoms with Gasteiger partial charge in [0.1, 0.15) is 6.10 Å². The minimum Gasteiger partial charge on any atom is -0.386 e. The van der Waals surface area contributed by atoms with Crippen molar-refractivity contribution in [1.29, 1.82) is 0 Å². The lowest BCUT2D eigenvalue weighted by molar-refractivity contribution is -0.177. The second-order valence-electron chi connectivity index (χ2n) is 7.40. The van der Waals surface area contributed by atoms with Crippen molar-refractivity contribution in [3.63, 3.8) is 0 Å². The molecule has 1 heterocycles. The van der Waals surface area contributed by atoms with Crippen molar-refractivity contribution in [2.45, 2.75) is 64.0 Å². The lowest BCUT2D eigenvalue weighted by Crippen LogP contribution is -2.56. The number of carbonyl (C=O) groups excluding carboxylic acids is 1. The van der Waals surface area contributed by atoms with E-state index in [-0.39, 0.29) is 19.5 Å². The molecule has 0 radical (unpaired) electrons. The van der Waals surface area contributed by atoms with Crippen LogP contribution in [0.4, 0.5) is 8.78 Å². The summed E-state index contributed by atoms with van der Waals surface area (Å²) < 4.78 is 28.7. The number of benzene rings is 1. The van der Waals surface area contributed by atoms with Gasteiger partial charge < -0.3 is 10.0 Å². The van der Waals surface area contributed by atoms with Crippen LogP contribution in [0.15, 0.2) is 30.3 Å². The summed E-state index contributed by atoms with van der Waals surface area (Å²) >= 11 is 0. The summed E-state index contributed by atoms with van der Waals surface area (Å²) in [5, 5.41) is 9.87. The quantitative estimate of drug-likeness (QED) is 0.628. The molecule has 0 aromatic heterocycles. The van der Waals surface area contributed by atoms with E-state index in [1.165, 1.54) is 10.5 Å². The average molecular weight is 382 g/mol. The zero-order chi connectivity index (χ0) is 19.7. The van der Waals surface area contributed by atoms with E-state index in [9.17, 15) is 18.7 Å². The minimum absolute atomic E-state index is 0.0313. The molecule has 1 fully saturated rings. The van der Waals surface area contributed by atoms with Crippen LogP contribution < -0.4 is 0 Å². The van der Waals surface area contributed by atoms with Gasteiger partial charge in [-0.1, -0.05) is 69.4 Å². The Morgan fingerprint density at radius 1 is 1.07 bits per heavy atom. The van der Waals surface area contributed by atoms with Gasteiger partial charge in [-0.25, -0.2) is 0 Å². The van der Waals surface area contributed by atoms with E-state index in [1.807, 2.05) is 30.3 Å². The molecule has 1 aliphatic heterocycles. The standard InChI is InChI=1S/C21H32F2N2O2/c1-2-3-4-5-9-12-19(26)21(22,23)20(27)25-15-13-24(14-16-25)17-18-10-7-6-8-11-18/h6-8,10-11,19,26H,2-5,9,12-17H2,1H3. The highest BCUT2D eigenvalue weighted by atomic mass is 19.3. The monoisotopic (exact) mass is 382 g/mol. The molecule has 1 aromatic carbocycles. The first kappa shape index (κ1) is 21.8. The number of alkyl halides is 2. The Kier molecular flexibility index (Phi) is 8.64. The third kappa shape index (κ3) is 6.54. The smallest absolute Gasteiger partial charge is 0.349 e. The van der Waals surface area contributed by atoms with Crippen LogP contribution in [-0.2, 0) is 11.3 Å². The van der Waals surface area contributed by atoms with Gasteiger partial charge in [-0.05, 0) is 12.0 Å². The van der Waals surface area contributed by atoms with Gasteiger partial charge in [0.2, 0.25) is 0 Å². The topological polar surface area (TPSA) is 43.8 Å². The van der Waals surface area contributed by atoms with E-state index in [0.717, 1.165) is 32.2 Å². The molecule has 1 saturated heterocycles. The Bertz CT molecular complexity index is 561. The zero-order valence-electron chi connectivity index (χ0n) is 16.2. The van der Waals surface area contributed by atoms with E-state index in [4.69, 9.17) is 0 Å². The maximum atomic E-state index is 14.4. The van der Waals surface area contributed by atoms with Crippen LogP contribution in [0.1, 0.15) is 51.0 Å². The third-order valence-electron chi connectivity index (χ3n) is 5.19. The number of aliphatic hydroxyl groups excluding tert-OH is 1. The van der Waals surface area contributed by atoms with E-state index in [0.29, 0.717) is 19.5 Å². The molecule has 1 amide bonds. The fourth-order valence-corrected chi connectivity index (χ4v) is 3.43. The predicted molar refractivity (Wildman–Crippen MR) is 103 cm³/mol. The van der Waals surface area contributed by atoms with Crippen LogP contribution in [0.25, 0.3) is 0 Å². The van der Waals surface area contributed by atoms with E-state index in [2.05, 4.69) is 11.8 Å². The zero-order valence-corrected chi connectivity index (χ0v) is 16.2. The first-order chi connectivity index (χ1) is 12.9. The minimum atomic E-state index is -3.70.